The third-order valence-electron chi connectivity index (χ3n) is 3.87. The zero-order chi connectivity index (χ0) is 16.6. The number of carbonyl (C=O) groups excluding carboxylic acids is 3. The van der Waals surface area contributed by atoms with Gasteiger partial charge in [0.2, 0.25) is 5.91 Å². The zero-order valence-electron chi connectivity index (χ0n) is 12.7. The van der Waals surface area contributed by atoms with Crippen LogP contribution >= 0.6 is 11.3 Å². The van der Waals surface area contributed by atoms with E-state index in [0.29, 0.717) is 10.4 Å². The number of hydrogen-bond donors (Lipinski definition) is 1. The van der Waals surface area contributed by atoms with Gasteiger partial charge < -0.3 is 10.1 Å². The number of esters is 1. The molecule has 1 aromatic heterocycles. The lowest BCUT2D eigenvalue weighted by atomic mass is 9.99. The second kappa shape index (κ2) is 5.96. The van der Waals surface area contributed by atoms with Crippen molar-refractivity contribution in [1.29, 1.82) is 0 Å². The monoisotopic (exact) mass is 329 g/mol. The number of fused-ring (bicyclic) bond motifs is 1. The number of ketones is 1. The van der Waals surface area contributed by atoms with E-state index in [1.165, 1.54) is 11.3 Å². The predicted molar refractivity (Wildman–Crippen MR) is 87.2 cm³/mol. The number of ether oxygens (including phenoxy) is 1. The minimum absolute atomic E-state index is 0.0794. The Morgan fingerprint density at radius 3 is 2.78 bits per heavy atom. The van der Waals surface area contributed by atoms with E-state index in [1.807, 2.05) is 13.0 Å². The molecule has 0 bridgehead atoms. The topological polar surface area (TPSA) is 72.5 Å². The molecule has 0 spiro atoms. The Hall–Kier alpha value is -2.47. The number of rotatable bonds is 4. The fourth-order valence-corrected chi connectivity index (χ4v) is 3.27. The molecule has 1 aliphatic heterocycles. The normalized spacial score (nSPS) is 15.9. The van der Waals surface area contributed by atoms with Gasteiger partial charge in [0.15, 0.2) is 12.4 Å². The van der Waals surface area contributed by atoms with Gasteiger partial charge in [-0.3, -0.25) is 9.59 Å². The Balaban J connectivity index is 1.69. The summed E-state index contributed by atoms with van der Waals surface area (Å²) in [6.45, 7) is 3.29. The maximum Gasteiger partial charge on any atom is 0.349 e. The molecule has 0 aliphatic carbocycles. The van der Waals surface area contributed by atoms with Gasteiger partial charge >= 0.3 is 5.97 Å². The summed E-state index contributed by atoms with van der Waals surface area (Å²) in [7, 11) is 0. The smallest absolute Gasteiger partial charge is 0.349 e. The molecule has 1 aromatic carbocycles. The van der Waals surface area contributed by atoms with E-state index in [4.69, 9.17) is 4.74 Å². The Bertz CT molecular complexity index is 809. The quantitative estimate of drug-likeness (QED) is 0.691. The number of amides is 1. The first kappa shape index (κ1) is 15.4. The van der Waals surface area contributed by atoms with Crippen molar-refractivity contribution in [2.75, 3.05) is 11.9 Å². The van der Waals surface area contributed by atoms with E-state index in [9.17, 15) is 14.4 Å². The maximum absolute atomic E-state index is 12.2. The van der Waals surface area contributed by atoms with Gasteiger partial charge in [0.25, 0.3) is 0 Å². The lowest BCUT2D eigenvalue weighted by Crippen LogP contribution is -2.14. The third kappa shape index (κ3) is 2.90. The largest absolute Gasteiger partial charge is 0.453 e. The van der Waals surface area contributed by atoms with Gasteiger partial charge in [-0.2, -0.15) is 0 Å². The van der Waals surface area contributed by atoms with Gasteiger partial charge in [-0.1, -0.05) is 0 Å². The number of hydrogen-bond acceptors (Lipinski definition) is 5. The van der Waals surface area contributed by atoms with Crippen LogP contribution in [-0.4, -0.2) is 24.3 Å². The molecule has 2 aromatic rings. The maximum atomic E-state index is 12.2. The molecule has 0 saturated heterocycles. The third-order valence-corrected chi connectivity index (χ3v) is 4.87. The van der Waals surface area contributed by atoms with Crippen molar-refractivity contribution in [3.63, 3.8) is 0 Å². The van der Waals surface area contributed by atoms with Crippen LogP contribution in [-0.2, 0) is 9.53 Å². The van der Waals surface area contributed by atoms with E-state index in [1.54, 1.807) is 30.5 Å². The van der Waals surface area contributed by atoms with Crippen molar-refractivity contribution >= 4 is 34.7 Å². The van der Waals surface area contributed by atoms with Crippen LogP contribution in [0.1, 0.15) is 44.0 Å². The van der Waals surface area contributed by atoms with Gasteiger partial charge in [0.1, 0.15) is 4.88 Å². The van der Waals surface area contributed by atoms with Crippen LogP contribution < -0.4 is 5.32 Å². The number of nitrogens with one attached hydrogen (secondary N) is 1. The Kier molecular flexibility index (Phi) is 4.00. The molecule has 0 fully saturated rings. The Morgan fingerprint density at radius 1 is 1.30 bits per heavy atom. The number of Topliss-reactive ketones (excluding diaryl/α,β-unsaturated/α-hetero) is 1. The first-order valence-electron chi connectivity index (χ1n) is 7.16. The fraction of sp³-hybridized carbons (Fsp3) is 0.235. The molecular formula is C17H15NO4S. The molecule has 5 nitrogen and oxygen atoms in total. The highest BCUT2D eigenvalue weighted by Crippen LogP contribution is 2.32. The molecule has 0 unspecified atom stereocenters. The summed E-state index contributed by atoms with van der Waals surface area (Å²) >= 11 is 1.29. The second-order valence-electron chi connectivity index (χ2n) is 5.45. The summed E-state index contributed by atoms with van der Waals surface area (Å²) in [6.07, 6.45) is 0. The van der Waals surface area contributed by atoms with Crippen molar-refractivity contribution in [1.82, 2.24) is 0 Å². The van der Waals surface area contributed by atoms with Crippen LogP contribution in [0.4, 0.5) is 5.69 Å². The molecule has 1 aliphatic rings. The molecule has 118 valence electrons. The van der Waals surface area contributed by atoms with Gasteiger partial charge in [-0.25, -0.2) is 4.79 Å². The second-order valence-corrected chi connectivity index (χ2v) is 6.36. The van der Waals surface area contributed by atoms with E-state index < -0.39 is 5.97 Å². The fourth-order valence-electron chi connectivity index (χ4n) is 2.45. The number of carbonyl (C=O) groups is 3. The molecule has 6 heteroatoms. The summed E-state index contributed by atoms with van der Waals surface area (Å²) in [5.41, 5.74) is 2.79. The summed E-state index contributed by atoms with van der Waals surface area (Å²) in [6, 6.07) is 6.85. The highest BCUT2D eigenvalue weighted by atomic mass is 32.1. The van der Waals surface area contributed by atoms with Gasteiger partial charge in [-0.05, 0) is 54.6 Å². The van der Waals surface area contributed by atoms with Gasteiger partial charge in [-0.15, -0.1) is 11.3 Å². The van der Waals surface area contributed by atoms with E-state index >= 15 is 0 Å². The average Bonchev–Trinajstić information content (AvgIpc) is 3.08. The molecule has 1 atom stereocenters. The van der Waals surface area contributed by atoms with E-state index in [0.717, 1.165) is 16.8 Å². The first-order valence-corrected chi connectivity index (χ1v) is 8.04. The molecule has 2 heterocycles. The summed E-state index contributed by atoms with van der Waals surface area (Å²) in [5, 5.41) is 4.56. The molecule has 1 amide bonds. The van der Waals surface area contributed by atoms with Crippen molar-refractivity contribution in [2.45, 2.75) is 19.8 Å². The van der Waals surface area contributed by atoms with Crippen LogP contribution in [0.25, 0.3) is 0 Å². The minimum atomic E-state index is -0.489. The molecule has 0 saturated carbocycles. The van der Waals surface area contributed by atoms with E-state index in [-0.39, 0.29) is 24.2 Å². The highest BCUT2D eigenvalue weighted by molar-refractivity contribution is 7.12. The molecule has 3 rings (SSSR count). The molecule has 1 N–H and O–H groups in total. The molecule has 0 radical (unpaired) electrons. The van der Waals surface area contributed by atoms with E-state index in [2.05, 4.69) is 5.32 Å². The van der Waals surface area contributed by atoms with Crippen LogP contribution in [0.3, 0.4) is 0 Å². The highest BCUT2D eigenvalue weighted by Gasteiger charge is 2.27. The molecular weight excluding hydrogens is 314 g/mol. The standard InChI is InChI=1S/C17H15NO4S/c1-9-5-6-23-15(9)17(21)22-8-14(19)11-3-4-13-12(7-11)10(2)16(20)18-13/h3-7,10H,8H2,1-2H3,(H,18,20)/t10-/m0/s1. The lowest BCUT2D eigenvalue weighted by molar-refractivity contribution is -0.116. The Morgan fingerprint density at radius 2 is 2.09 bits per heavy atom. The van der Waals surface area contributed by atoms with Crippen LogP contribution in [0.5, 0.6) is 0 Å². The zero-order valence-corrected chi connectivity index (χ0v) is 13.5. The van der Waals surface area contributed by atoms with Crippen molar-refractivity contribution in [2.24, 2.45) is 0 Å². The van der Waals surface area contributed by atoms with Crippen molar-refractivity contribution in [3.8, 4) is 0 Å². The number of anilines is 1. The Labute approximate surface area is 137 Å². The summed E-state index contributed by atoms with van der Waals surface area (Å²) in [5.74, 6) is -1.14. The minimum Gasteiger partial charge on any atom is -0.453 e. The predicted octanol–water partition coefficient (Wildman–Crippen LogP) is 3.15. The number of benzene rings is 1. The summed E-state index contributed by atoms with van der Waals surface area (Å²) < 4.78 is 5.09. The average molecular weight is 329 g/mol. The number of thiophene rings is 1. The summed E-state index contributed by atoms with van der Waals surface area (Å²) in [4.78, 5) is 36.3. The van der Waals surface area contributed by atoms with Crippen molar-refractivity contribution in [3.05, 3.63) is 51.2 Å². The first-order chi connectivity index (χ1) is 11.0. The van der Waals surface area contributed by atoms with Crippen LogP contribution in [0, 0.1) is 6.92 Å². The SMILES string of the molecule is Cc1ccsc1C(=O)OCC(=O)c1ccc2c(c1)[C@H](C)C(=O)N2. The molecule has 23 heavy (non-hydrogen) atoms. The van der Waals surface area contributed by atoms with Gasteiger partial charge in [0.05, 0.1) is 5.92 Å². The van der Waals surface area contributed by atoms with Crippen LogP contribution in [0.15, 0.2) is 29.6 Å². The number of aryl methyl sites for hydroxylation is 1. The van der Waals surface area contributed by atoms with Gasteiger partial charge in [0, 0.05) is 11.3 Å². The lowest BCUT2D eigenvalue weighted by Gasteiger charge is -2.06. The van der Waals surface area contributed by atoms with Crippen LogP contribution in [0.2, 0.25) is 0 Å². The van der Waals surface area contributed by atoms with Crippen molar-refractivity contribution < 1.29 is 19.1 Å².